The summed E-state index contributed by atoms with van der Waals surface area (Å²) >= 11 is 0. The summed E-state index contributed by atoms with van der Waals surface area (Å²) in [7, 11) is 1.30. The Morgan fingerprint density at radius 3 is 2.40 bits per heavy atom. The highest BCUT2D eigenvalue weighted by Gasteiger charge is 2.58. The fourth-order valence-electron chi connectivity index (χ4n) is 3.21. The monoisotopic (exact) mass is 231 g/mol. The minimum Gasteiger partial charge on any atom is -0.301 e. The zero-order valence-corrected chi connectivity index (χ0v) is 10.5. The third-order valence-electron chi connectivity index (χ3n) is 4.20. The summed E-state index contributed by atoms with van der Waals surface area (Å²) in [5.41, 5.74) is -0.0285. The van der Waals surface area contributed by atoms with Crippen LogP contribution in [0.25, 0.3) is 0 Å². The summed E-state index contributed by atoms with van der Waals surface area (Å²) < 4.78 is 23.6. The molecular weight excluding hydrogens is 210 g/mol. The zero-order valence-electron chi connectivity index (χ0n) is 9.70. The summed E-state index contributed by atoms with van der Waals surface area (Å²) in [6, 6.07) is 0. The van der Waals surface area contributed by atoms with Gasteiger partial charge in [-0.15, -0.1) is 0 Å². The topological polar surface area (TPSA) is 37.4 Å². The van der Waals surface area contributed by atoms with Crippen LogP contribution >= 0.6 is 0 Å². The van der Waals surface area contributed by atoms with E-state index in [0.29, 0.717) is 5.75 Å². The van der Waals surface area contributed by atoms with Crippen molar-refractivity contribution in [2.75, 3.05) is 19.8 Å². The van der Waals surface area contributed by atoms with Gasteiger partial charge in [-0.2, -0.15) is 0 Å². The molecule has 1 aliphatic heterocycles. The Balaban J connectivity index is 2.25. The second-order valence-corrected chi connectivity index (χ2v) is 7.43. The first-order chi connectivity index (χ1) is 6.99. The van der Waals surface area contributed by atoms with Gasteiger partial charge in [0.2, 0.25) is 0 Å². The summed E-state index contributed by atoms with van der Waals surface area (Å²) in [6.07, 6.45) is 6.67. The van der Waals surface area contributed by atoms with Crippen LogP contribution in [0.4, 0.5) is 0 Å². The van der Waals surface area contributed by atoms with Crippen LogP contribution in [0.2, 0.25) is 0 Å². The first-order valence-electron chi connectivity index (χ1n) is 5.88. The van der Waals surface area contributed by atoms with Crippen molar-refractivity contribution in [1.82, 2.24) is 4.90 Å². The van der Waals surface area contributed by atoms with Crippen molar-refractivity contribution < 1.29 is 8.42 Å². The van der Waals surface area contributed by atoms with E-state index in [1.54, 1.807) is 0 Å². The molecule has 0 N–H and O–H groups in total. The van der Waals surface area contributed by atoms with E-state index in [9.17, 15) is 8.42 Å². The minimum atomic E-state index is -2.77. The maximum absolute atomic E-state index is 11.8. The number of fused-ring (bicyclic) bond motifs is 1. The summed E-state index contributed by atoms with van der Waals surface area (Å²) in [5, 5.41) is -0.0831. The molecule has 2 atom stereocenters. The second-order valence-electron chi connectivity index (χ2n) is 5.25. The molecule has 0 aromatic carbocycles. The summed E-state index contributed by atoms with van der Waals surface area (Å²) in [5.74, 6) is 0.387. The molecule has 4 heteroatoms. The van der Waals surface area contributed by atoms with Crippen LogP contribution in [0.5, 0.6) is 0 Å². The third-order valence-corrected chi connectivity index (χ3v) is 6.64. The van der Waals surface area contributed by atoms with Crippen molar-refractivity contribution in [3.8, 4) is 0 Å². The Kier molecular flexibility index (Phi) is 2.84. The van der Waals surface area contributed by atoms with Gasteiger partial charge in [-0.05, 0) is 26.9 Å². The molecule has 0 bridgehead atoms. The highest BCUT2D eigenvalue weighted by molar-refractivity contribution is 7.93. The standard InChI is InChI=1S/C11H21NO2S/c1-12(2)11-8-6-4-3-5-7-10(11)15(13,14)9-11/h10H,3-9H2,1-2H3/t10-,11-/m1/s1. The van der Waals surface area contributed by atoms with Crippen molar-refractivity contribution in [3.05, 3.63) is 0 Å². The molecule has 0 aromatic heterocycles. The molecule has 0 amide bonds. The van der Waals surface area contributed by atoms with E-state index < -0.39 is 9.84 Å². The van der Waals surface area contributed by atoms with Crippen molar-refractivity contribution >= 4 is 9.84 Å². The Labute approximate surface area is 92.8 Å². The quantitative estimate of drug-likeness (QED) is 0.685. The predicted molar refractivity (Wildman–Crippen MR) is 61.7 cm³/mol. The van der Waals surface area contributed by atoms with Gasteiger partial charge in [0.05, 0.1) is 16.5 Å². The summed E-state index contributed by atoms with van der Waals surface area (Å²) in [4.78, 5) is 2.16. The van der Waals surface area contributed by atoms with Gasteiger partial charge in [0.15, 0.2) is 9.84 Å². The average Bonchev–Trinajstić information content (AvgIpc) is 2.09. The number of hydrogen-bond donors (Lipinski definition) is 0. The predicted octanol–water partition coefficient (Wildman–Crippen LogP) is 1.44. The molecule has 0 radical (unpaired) electrons. The van der Waals surface area contributed by atoms with Gasteiger partial charge < -0.3 is 4.90 Å². The van der Waals surface area contributed by atoms with Gasteiger partial charge >= 0.3 is 0 Å². The lowest BCUT2D eigenvalue weighted by atomic mass is 9.83. The fraction of sp³-hybridized carbons (Fsp3) is 1.00. The van der Waals surface area contributed by atoms with E-state index in [4.69, 9.17) is 0 Å². The van der Waals surface area contributed by atoms with Crippen molar-refractivity contribution in [2.24, 2.45) is 0 Å². The molecule has 0 spiro atoms. The Morgan fingerprint density at radius 1 is 1.13 bits per heavy atom. The second kappa shape index (κ2) is 3.74. The Hall–Kier alpha value is -0.0900. The smallest absolute Gasteiger partial charge is 0.156 e. The molecule has 1 saturated carbocycles. The fourth-order valence-corrected chi connectivity index (χ4v) is 6.02. The minimum absolute atomic E-state index is 0.0285. The molecule has 2 aliphatic rings. The maximum atomic E-state index is 11.8. The average molecular weight is 231 g/mol. The largest absolute Gasteiger partial charge is 0.301 e. The molecule has 3 nitrogen and oxygen atoms in total. The van der Waals surface area contributed by atoms with E-state index in [1.807, 2.05) is 14.1 Å². The number of sulfone groups is 1. The van der Waals surface area contributed by atoms with E-state index in [-0.39, 0.29) is 10.8 Å². The normalized spacial score (nSPS) is 40.1. The molecule has 1 heterocycles. The van der Waals surface area contributed by atoms with Gasteiger partial charge in [0, 0.05) is 0 Å². The highest BCUT2D eigenvalue weighted by Crippen LogP contribution is 2.44. The SMILES string of the molecule is CN(C)[C@@]12CCCCCC[C@H]1S(=O)(=O)C2. The van der Waals surface area contributed by atoms with Crippen LogP contribution < -0.4 is 0 Å². The van der Waals surface area contributed by atoms with Gasteiger partial charge in [0.25, 0.3) is 0 Å². The lowest BCUT2D eigenvalue weighted by Gasteiger charge is -2.54. The zero-order chi connectivity index (χ0) is 11.1. The molecular formula is C11H21NO2S. The third kappa shape index (κ3) is 1.72. The van der Waals surface area contributed by atoms with Crippen LogP contribution in [0.3, 0.4) is 0 Å². The molecule has 88 valence electrons. The number of nitrogens with zero attached hydrogens (tertiary/aromatic N) is 1. The van der Waals surface area contributed by atoms with Crippen molar-refractivity contribution in [2.45, 2.75) is 49.3 Å². The molecule has 1 saturated heterocycles. The van der Waals surface area contributed by atoms with Crippen LogP contribution in [0, 0.1) is 0 Å². The maximum Gasteiger partial charge on any atom is 0.156 e. The van der Waals surface area contributed by atoms with Crippen LogP contribution in [-0.2, 0) is 9.84 Å². The van der Waals surface area contributed by atoms with Gasteiger partial charge in [-0.3, -0.25) is 0 Å². The summed E-state index contributed by atoms with van der Waals surface area (Å²) in [6.45, 7) is 0. The van der Waals surface area contributed by atoms with Gasteiger partial charge in [-0.1, -0.05) is 25.7 Å². The molecule has 15 heavy (non-hydrogen) atoms. The lowest BCUT2D eigenvalue weighted by Crippen LogP contribution is -2.70. The lowest BCUT2D eigenvalue weighted by molar-refractivity contribution is 0.118. The van der Waals surface area contributed by atoms with E-state index >= 15 is 0 Å². The Bertz CT molecular complexity index is 336. The van der Waals surface area contributed by atoms with E-state index in [0.717, 1.165) is 19.3 Å². The molecule has 2 fully saturated rings. The number of hydrogen-bond acceptors (Lipinski definition) is 3. The van der Waals surface area contributed by atoms with Crippen molar-refractivity contribution in [3.63, 3.8) is 0 Å². The first kappa shape index (κ1) is 11.4. The van der Waals surface area contributed by atoms with E-state index in [2.05, 4.69) is 4.90 Å². The van der Waals surface area contributed by atoms with Crippen LogP contribution in [-0.4, -0.2) is 44.0 Å². The van der Waals surface area contributed by atoms with Crippen molar-refractivity contribution in [1.29, 1.82) is 0 Å². The Morgan fingerprint density at radius 2 is 1.80 bits per heavy atom. The highest BCUT2D eigenvalue weighted by atomic mass is 32.2. The molecule has 0 aromatic rings. The molecule has 1 aliphatic carbocycles. The van der Waals surface area contributed by atoms with Gasteiger partial charge in [-0.25, -0.2) is 8.42 Å². The molecule has 2 rings (SSSR count). The first-order valence-corrected chi connectivity index (χ1v) is 7.60. The number of rotatable bonds is 1. The molecule has 0 unspecified atom stereocenters. The van der Waals surface area contributed by atoms with Crippen LogP contribution in [0.1, 0.15) is 38.5 Å². The van der Waals surface area contributed by atoms with Gasteiger partial charge in [0.1, 0.15) is 0 Å². The van der Waals surface area contributed by atoms with E-state index in [1.165, 1.54) is 19.3 Å². The van der Waals surface area contributed by atoms with Crippen LogP contribution in [0.15, 0.2) is 0 Å².